The molecule has 0 saturated carbocycles. The number of benzene rings is 3. The van der Waals surface area contributed by atoms with Gasteiger partial charge >= 0.3 is 0 Å². The first-order valence-corrected chi connectivity index (χ1v) is 13.1. The van der Waals surface area contributed by atoms with E-state index in [-0.39, 0.29) is 23.2 Å². The molecule has 6 nitrogen and oxygen atoms in total. The van der Waals surface area contributed by atoms with Crippen LogP contribution < -0.4 is 10.1 Å². The molecule has 9 heteroatoms. The Morgan fingerprint density at radius 3 is 2.34 bits per heavy atom. The lowest BCUT2D eigenvalue weighted by atomic mass is 9.99. The first kappa shape index (κ1) is 25.2. The van der Waals surface area contributed by atoms with E-state index in [0.29, 0.717) is 43.3 Å². The van der Waals surface area contributed by atoms with Crippen LogP contribution in [0.2, 0.25) is 5.02 Å². The van der Waals surface area contributed by atoms with Gasteiger partial charge in [-0.2, -0.15) is 4.31 Å². The minimum atomic E-state index is -3.68. The van der Waals surface area contributed by atoms with Crippen molar-refractivity contribution in [1.29, 1.82) is 0 Å². The number of sulfonamides is 1. The number of piperidine rings is 1. The second-order valence-corrected chi connectivity index (χ2v) is 10.8. The summed E-state index contributed by atoms with van der Waals surface area (Å²) in [6.07, 6.45) is 1.25. The fourth-order valence-corrected chi connectivity index (χ4v) is 5.56. The maximum absolute atomic E-state index is 13.0. The number of amides is 1. The molecule has 1 aliphatic heterocycles. The third-order valence-corrected chi connectivity index (χ3v) is 8.05. The van der Waals surface area contributed by atoms with Gasteiger partial charge in [0.05, 0.1) is 10.8 Å². The maximum Gasteiger partial charge on any atom is 0.243 e. The highest BCUT2D eigenvalue weighted by atomic mass is 35.5. The van der Waals surface area contributed by atoms with Crippen molar-refractivity contribution >= 4 is 27.5 Å². The summed E-state index contributed by atoms with van der Waals surface area (Å²) in [6.45, 7) is 1.19. The molecule has 1 N–H and O–H groups in total. The van der Waals surface area contributed by atoms with E-state index in [4.69, 9.17) is 16.3 Å². The van der Waals surface area contributed by atoms with Crippen LogP contribution in [-0.2, 0) is 28.0 Å². The van der Waals surface area contributed by atoms with Gasteiger partial charge in [-0.05, 0) is 72.5 Å². The number of nitrogens with zero attached hydrogens (tertiary/aromatic N) is 1. The summed E-state index contributed by atoms with van der Waals surface area (Å²) in [5.41, 5.74) is 1.76. The predicted molar refractivity (Wildman–Crippen MR) is 132 cm³/mol. The zero-order valence-electron chi connectivity index (χ0n) is 19.0. The summed E-state index contributed by atoms with van der Waals surface area (Å²) in [6, 6.07) is 19.5. The molecule has 0 radical (unpaired) electrons. The van der Waals surface area contributed by atoms with Gasteiger partial charge in [-0.1, -0.05) is 35.9 Å². The monoisotopic (exact) mass is 516 g/mol. The Morgan fingerprint density at radius 2 is 1.66 bits per heavy atom. The highest BCUT2D eigenvalue weighted by Gasteiger charge is 2.33. The lowest BCUT2D eigenvalue weighted by molar-refractivity contribution is -0.126. The van der Waals surface area contributed by atoms with Crippen LogP contribution in [0.5, 0.6) is 5.75 Å². The summed E-state index contributed by atoms with van der Waals surface area (Å²) >= 11 is 5.87. The molecule has 0 bridgehead atoms. The van der Waals surface area contributed by atoms with E-state index in [1.165, 1.54) is 28.6 Å². The third-order valence-electron chi connectivity index (χ3n) is 5.92. The quantitative estimate of drug-likeness (QED) is 0.468. The lowest BCUT2D eigenvalue weighted by Gasteiger charge is -2.31. The molecule has 1 fully saturated rings. The second kappa shape index (κ2) is 11.2. The minimum absolute atomic E-state index is 0.146. The molecule has 3 aromatic carbocycles. The van der Waals surface area contributed by atoms with E-state index in [1.54, 1.807) is 24.3 Å². The Balaban J connectivity index is 1.28. The predicted octanol–water partition coefficient (Wildman–Crippen LogP) is 4.78. The molecule has 184 valence electrons. The Morgan fingerprint density at radius 1 is 1.00 bits per heavy atom. The summed E-state index contributed by atoms with van der Waals surface area (Å²) in [5.74, 6) is -0.203. The molecule has 1 unspecified atom stereocenters. The van der Waals surface area contributed by atoms with E-state index in [2.05, 4.69) is 5.32 Å². The van der Waals surface area contributed by atoms with Gasteiger partial charge in [0.25, 0.3) is 0 Å². The van der Waals surface area contributed by atoms with Crippen molar-refractivity contribution in [2.45, 2.75) is 30.9 Å². The fourth-order valence-electron chi connectivity index (χ4n) is 3.91. The molecule has 1 aliphatic rings. The van der Waals surface area contributed by atoms with Gasteiger partial charge < -0.3 is 10.1 Å². The van der Waals surface area contributed by atoms with Gasteiger partial charge in [0.1, 0.15) is 18.2 Å². The van der Waals surface area contributed by atoms with Crippen molar-refractivity contribution in [2.75, 3.05) is 13.1 Å². The number of halogens is 2. The van der Waals surface area contributed by atoms with Gasteiger partial charge in [0.15, 0.2) is 0 Å². The molecule has 0 spiro atoms. The molecular formula is C26H26ClFN2O4S. The fraction of sp³-hybridized carbons (Fsp3) is 0.269. The summed E-state index contributed by atoms with van der Waals surface area (Å²) in [4.78, 5) is 12.9. The molecule has 3 aromatic rings. The first-order valence-electron chi connectivity index (χ1n) is 11.3. The molecule has 0 aliphatic carbocycles. The average molecular weight is 517 g/mol. The molecule has 1 heterocycles. The zero-order valence-corrected chi connectivity index (χ0v) is 20.6. The van der Waals surface area contributed by atoms with Crippen molar-refractivity contribution in [3.63, 3.8) is 0 Å². The largest absolute Gasteiger partial charge is 0.489 e. The highest BCUT2D eigenvalue weighted by molar-refractivity contribution is 7.89. The van der Waals surface area contributed by atoms with Crippen LogP contribution in [0, 0.1) is 11.7 Å². The van der Waals surface area contributed by atoms with Gasteiger partial charge in [-0.3, -0.25) is 4.79 Å². The molecule has 1 saturated heterocycles. The van der Waals surface area contributed by atoms with Crippen LogP contribution >= 0.6 is 11.6 Å². The van der Waals surface area contributed by atoms with E-state index < -0.39 is 15.9 Å². The molecular weight excluding hydrogens is 491 g/mol. The van der Waals surface area contributed by atoms with Crippen molar-refractivity contribution in [3.05, 3.63) is 94.8 Å². The Bertz CT molecular complexity index is 1250. The summed E-state index contributed by atoms with van der Waals surface area (Å²) in [7, 11) is -3.68. The SMILES string of the molecule is O=C(NCc1ccc(OCc2ccc(F)cc2)cc1)C1CCCN(S(=O)(=O)c2ccc(Cl)cc2)C1. The van der Waals surface area contributed by atoms with E-state index in [0.717, 1.165) is 11.1 Å². The van der Waals surface area contributed by atoms with Crippen LogP contribution in [0.15, 0.2) is 77.7 Å². The van der Waals surface area contributed by atoms with Crippen molar-refractivity contribution in [1.82, 2.24) is 9.62 Å². The molecule has 0 aromatic heterocycles. The Hall–Kier alpha value is -2.94. The topological polar surface area (TPSA) is 75.7 Å². The first-order chi connectivity index (χ1) is 16.8. The number of carbonyl (C=O) groups is 1. The second-order valence-electron chi connectivity index (χ2n) is 8.43. The standard InChI is InChI=1S/C26H26ClFN2O4S/c27-22-7-13-25(14-8-22)35(32,33)30-15-1-2-21(17-30)26(31)29-16-19-5-11-24(12-6-19)34-18-20-3-9-23(28)10-4-20/h3-14,21H,1-2,15-18H2,(H,29,31). The van der Waals surface area contributed by atoms with E-state index in [9.17, 15) is 17.6 Å². The van der Waals surface area contributed by atoms with Crippen molar-refractivity contribution in [3.8, 4) is 5.75 Å². The van der Waals surface area contributed by atoms with Gasteiger partial charge in [0, 0.05) is 24.7 Å². The van der Waals surface area contributed by atoms with Crippen molar-refractivity contribution in [2.24, 2.45) is 5.92 Å². The summed E-state index contributed by atoms with van der Waals surface area (Å²) < 4.78 is 46.0. The Kier molecular flexibility index (Phi) is 8.05. The smallest absolute Gasteiger partial charge is 0.243 e. The van der Waals surface area contributed by atoms with Gasteiger partial charge in [0.2, 0.25) is 15.9 Å². The molecule has 35 heavy (non-hydrogen) atoms. The van der Waals surface area contributed by atoms with Crippen LogP contribution in [0.4, 0.5) is 4.39 Å². The number of hydrogen-bond donors (Lipinski definition) is 1. The number of hydrogen-bond acceptors (Lipinski definition) is 4. The minimum Gasteiger partial charge on any atom is -0.489 e. The Labute approximate surface area is 209 Å². The maximum atomic E-state index is 13.0. The van der Waals surface area contributed by atoms with Crippen LogP contribution in [0.25, 0.3) is 0 Å². The highest BCUT2D eigenvalue weighted by Crippen LogP contribution is 2.25. The van der Waals surface area contributed by atoms with Crippen molar-refractivity contribution < 1.29 is 22.3 Å². The lowest BCUT2D eigenvalue weighted by Crippen LogP contribution is -2.45. The molecule has 1 atom stereocenters. The normalized spacial score (nSPS) is 16.6. The molecule has 1 amide bonds. The number of nitrogens with one attached hydrogen (secondary N) is 1. The number of rotatable bonds is 8. The van der Waals surface area contributed by atoms with Gasteiger partial charge in [-0.15, -0.1) is 0 Å². The van der Waals surface area contributed by atoms with Gasteiger partial charge in [-0.25, -0.2) is 12.8 Å². The summed E-state index contributed by atoms with van der Waals surface area (Å²) in [5, 5.41) is 3.38. The van der Waals surface area contributed by atoms with Crippen LogP contribution in [-0.4, -0.2) is 31.7 Å². The molecule has 4 rings (SSSR count). The number of carbonyl (C=O) groups excluding carboxylic acids is 1. The zero-order chi connectivity index (χ0) is 24.8. The average Bonchev–Trinajstić information content (AvgIpc) is 2.88. The van der Waals surface area contributed by atoms with E-state index >= 15 is 0 Å². The third kappa shape index (κ3) is 6.60. The van der Waals surface area contributed by atoms with Crippen LogP contribution in [0.3, 0.4) is 0 Å². The number of ether oxygens (including phenoxy) is 1. The van der Waals surface area contributed by atoms with E-state index in [1.807, 2.05) is 24.3 Å². The van der Waals surface area contributed by atoms with Crippen LogP contribution in [0.1, 0.15) is 24.0 Å².